The molecule has 0 saturated carbocycles. The van der Waals surface area contributed by atoms with E-state index in [0.717, 1.165) is 37.6 Å². The molecular weight excluding hydrogens is 260 g/mol. The van der Waals surface area contributed by atoms with Crippen molar-refractivity contribution < 1.29 is 0 Å². The second-order valence-electron chi connectivity index (χ2n) is 6.18. The summed E-state index contributed by atoms with van der Waals surface area (Å²) in [5, 5.41) is 8.66. The van der Waals surface area contributed by atoms with Crippen LogP contribution in [0.2, 0.25) is 0 Å². The lowest BCUT2D eigenvalue weighted by Crippen LogP contribution is -2.35. The molecule has 0 N–H and O–H groups in total. The van der Waals surface area contributed by atoms with Gasteiger partial charge in [-0.3, -0.25) is 0 Å². The van der Waals surface area contributed by atoms with E-state index in [0.29, 0.717) is 12.0 Å². The van der Waals surface area contributed by atoms with Crippen LogP contribution in [0.1, 0.15) is 50.3 Å². The molecule has 0 spiro atoms. The highest BCUT2D eigenvalue weighted by molar-refractivity contribution is 5.46. The standard InChI is InChI=1S/C17H24N4/c1-13(2)17-19-18-14(3)21(17)16-9-11-20(12-10-16)15-7-5-4-6-8-15/h4-8,13,16H,9-12H2,1-3H3. The number of hydrogen-bond acceptors (Lipinski definition) is 3. The Morgan fingerprint density at radius 2 is 1.71 bits per heavy atom. The number of para-hydroxylation sites is 1. The van der Waals surface area contributed by atoms with Crippen LogP contribution in [0, 0.1) is 6.92 Å². The van der Waals surface area contributed by atoms with Gasteiger partial charge >= 0.3 is 0 Å². The fourth-order valence-corrected chi connectivity index (χ4v) is 3.25. The summed E-state index contributed by atoms with van der Waals surface area (Å²) in [4.78, 5) is 2.48. The molecule has 1 aromatic heterocycles. The molecule has 4 nitrogen and oxygen atoms in total. The maximum atomic E-state index is 4.37. The van der Waals surface area contributed by atoms with Gasteiger partial charge in [-0.25, -0.2) is 0 Å². The van der Waals surface area contributed by atoms with Crippen LogP contribution >= 0.6 is 0 Å². The monoisotopic (exact) mass is 284 g/mol. The van der Waals surface area contributed by atoms with E-state index >= 15 is 0 Å². The Balaban J connectivity index is 1.73. The highest BCUT2D eigenvalue weighted by Crippen LogP contribution is 2.29. The smallest absolute Gasteiger partial charge is 0.135 e. The van der Waals surface area contributed by atoms with Crippen LogP contribution in [-0.2, 0) is 0 Å². The Hall–Kier alpha value is -1.84. The van der Waals surface area contributed by atoms with Crippen LogP contribution in [0.15, 0.2) is 30.3 Å². The maximum absolute atomic E-state index is 4.37. The first-order valence-corrected chi connectivity index (χ1v) is 7.88. The zero-order chi connectivity index (χ0) is 14.8. The lowest BCUT2D eigenvalue weighted by atomic mass is 10.0. The lowest BCUT2D eigenvalue weighted by Gasteiger charge is -2.35. The predicted molar refractivity (Wildman–Crippen MR) is 85.8 cm³/mol. The third-order valence-electron chi connectivity index (χ3n) is 4.36. The van der Waals surface area contributed by atoms with Gasteiger partial charge < -0.3 is 9.47 Å². The Kier molecular flexibility index (Phi) is 3.95. The first-order chi connectivity index (χ1) is 10.2. The van der Waals surface area contributed by atoms with E-state index in [2.05, 4.69) is 70.8 Å². The van der Waals surface area contributed by atoms with Crippen molar-refractivity contribution in [2.45, 2.75) is 45.6 Å². The molecule has 1 aliphatic heterocycles. The molecule has 1 aliphatic rings. The van der Waals surface area contributed by atoms with Crippen molar-refractivity contribution in [2.75, 3.05) is 18.0 Å². The Labute approximate surface area is 126 Å². The molecule has 0 radical (unpaired) electrons. The van der Waals surface area contributed by atoms with Crippen LogP contribution in [0.3, 0.4) is 0 Å². The number of hydrogen-bond donors (Lipinski definition) is 0. The molecule has 0 bridgehead atoms. The predicted octanol–water partition coefficient (Wildman–Crippen LogP) is 3.55. The highest BCUT2D eigenvalue weighted by Gasteiger charge is 2.25. The summed E-state index contributed by atoms with van der Waals surface area (Å²) in [6.45, 7) is 8.66. The fourth-order valence-electron chi connectivity index (χ4n) is 3.25. The van der Waals surface area contributed by atoms with Crippen LogP contribution in [-0.4, -0.2) is 27.9 Å². The zero-order valence-corrected chi connectivity index (χ0v) is 13.2. The number of anilines is 1. The average Bonchev–Trinajstić information content (AvgIpc) is 2.90. The van der Waals surface area contributed by atoms with Gasteiger partial charge in [-0.2, -0.15) is 0 Å². The number of aromatic nitrogens is 3. The van der Waals surface area contributed by atoms with E-state index in [4.69, 9.17) is 0 Å². The molecule has 3 rings (SSSR count). The van der Waals surface area contributed by atoms with Gasteiger partial charge in [0, 0.05) is 30.7 Å². The summed E-state index contributed by atoms with van der Waals surface area (Å²) in [5.41, 5.74) is 1.33. The minimum absolute atomic E-state index is 0.429. The Morgan fingerprint density at radius 1 is 1.05 bits per heavy atom. The second-order valence-corrected chi connectivity index (χ2v) is 6.18. The van der Waals surface area contributed by atoms with E-state index < -0.39 is 0 Å². The van der Waals surface area contributed by atoms with Gasteiger partial charge in [0.05, 0.1) is 0 Å². The summed E-state index contributed by atoms with van der Waals surface area (Å²) in [7, 11) is 0. The number of nitrogens with zero attached hydrogens (tertiary/aromatic N) is 4. The molecule has 1 aromatic carbocycles. The molecule has 0 aliphatic carbocycles. The Morgan fingerprint density at radius 3 is 2.33 bits per heavy atom. The summed E-state index contributed by atoms with van der Waals surface area (Å²) in [6.07, 6.45) is 2.32. The molecule has 1 saturated heterocycles. The lowest BCUT2D eigenvalue weighted by molar-refractivity contribution is 0.376. The van der Waals surface area contributed by atoms with E-state index in [-0.39, 0.29) is 0 Å². The second kappa shape index (κ2) is 5.88. The first kappa shape index (κ1) is 14.1. The van der Waals surface area contributed by atoms with Crippen molar-refractivity contribution in [3.8, 4) is 0 Å². The summed E-state index contributed by atoms with van der Waals surface area (Å²) in [6, 6.07) is 11.2. The number of piperidine rings is 1. The SMILES string of the molecule is Cc1nnc(C(C)C)n1C1CCN(c2ccccc2)CC1. The Bertz CT molecular complexity index is 580. The topological polar surface area (TPSA) is 34.0 Å². The van der Waals surface area contributed by atoms with Gasteiger partial charge in [0.1, 0.15) is 11.6 Å². The molecule has 0 unspecified atom stereocenters. The molecule has 21 heavy (non-hydrogen) atoms. The van der Waals surface area contributed by atoms with Crippen LogP contribution in [0.5, 0.6) is 0 Å². The van der Waals surface area contributed by atoms with E-state index in [9.17, 15) is 0 Å². The summed E-state index contributed by atoms with van der Waals surface area (Å²) < 4.78 is 2.37. The molecule has 2 aromatic rings. The number of rotatable bonds is 3. The summed E-state index contributed by atoms with van der Waals surface area (Å²) >= 11 is 0. The van der Waals surface area contributed by atoms with Crippen molar-refractivity contribution in [1.82, 2.24) is 14.8 Å². The largest absolute Gasteiger partial charge is 0.371 e. The van der Waals surface area contributed by atoms with Gasteiger partial charge in [0.15, 0.2) is 0 Å². The third-order valence-corrected chi connectivity index (χ3v) is 4.36. The average molecular weight is 284 g/mol. The fraction of sp³-hybridized carbons (Fsp3) is 0.529. The van der Waals surface area contributed by atoms with E-state index in [1.807, 2.05) is 0 Å². The van der Waals surface area contributed by atoms with Gasteiger partial charge in [-0.1, -0.05) is 32.0 Å². The first-order valence-electron chi connectivity index (χ1n) is 7.88. The van der Waals surface area contributed by atoms with Crippen LogP contribution < -0.4 is 4.90 Å². The van der Waals surface area contributed by atoms with Crippen molar-refractivity contribution in [3.63, 3.8) is 0 Å². The molecule has 0 atom stereocenters. The van der Waals surface area contributed by atoms with Crippen LogP contribution in [0.25, 0.3) is 0 Å². The van der Waals surface area contributed by atoms with Crippen molar-refractivity contribution >= 4 is 5.69 Å². The third kappa shape index (κ3) is 2.80. The molecule has 2 heterocycles. The molecule has 112 valence electrons. The van der Waals surface area contributed by atoms with E-state index in [1.165, 1.54) is 5.69 Å². The summed E-state index contributed by atoms with van der Waals surface area (Å²) in [5.74, 6) is 2.61. The normalized spacial score (nSPS) is 16.7. The molecule has 0 amide bonds. The van der Waals surface area contributed by atoms with Gasteiger partial charge in [0.2, 0.25) is 0 Å². The minimum Gasteiger partial charge on any atom is -0.371 e. The quantitative estimate of drug-likeness (QED) is 0.864. The zero-order valence-electron chi connectivity index (χ0n) is 13.2. The molecule has 1 fully saturated rings. The molecule has 4 heteroatoms. The molecular formula is C17H24N4. The minimum atomic E-state index is 0.429. The highest BCUT2D eigenvalue weighted by atomic mass is 15.3. The van der Waals surface area contributed by atoms with Gasteiger partial charge in [0.25, 0.3) is 0 Å². The van der Waals surface area contributed by atoms with E-state index in [1.54, 1.807) is 0 Å². The van der Waals surface area contributed by atoms with Gasteiger partial charge in [-0.15, -0.1) is 10.2 Å². The van der Waals surface area contributed by atoms with Crippen LogP contribution in [0.4, 0.5) is 5.69 Å². The maximum Gasteiger partial charge on any atom is 0.135 e. The number of aryl methyl sites for hydroxylation is 1. The van der Waals surface area contributed by atoms with Crippen molar-refractivity contribution in [3.05, 3.63) is 42.0 Å². The van der Waals surface area contributed by atoms with Crippen molar-refractivity contribution in [2.24, 2.45) is 0 Å². The number of benzene rings is 1. The van der Waals surface area contributed by atoms with Gasteiger partial charge in [-0.05, 0) is 31.9 Å². The van der Waals surface area contributed by atoms with Crippen molar-refractivity contribution in [1.29, 1.82) is 0 Å².